The van der Waals surface area contributed by atoms with E-state index in [1.54, 1.807) is 4.90 Å². The van der Waals surface area contributed by atoms with E-state index in [9.17, 15) is 13.2 Å². The Hall–Kier alpha value is -0.290. The molecule has 18 heavy (non-hydrogen) atoms. The largest absolute Gasteiger partial charge is 0.401 e. The maximum absolute atomic E-state index is 12.6. The van der Waals surface area contributed by atoms with E-state index in [2.05, 4.69) is 12.2 Å². The molecular formula is C13H25F3N2. The Balaban J connectivity index is 2.68. The summed E-state index contributed by atoms with van der Waals surface area (Å²) < 4.78 is 37.8. The first-order valence-electron chi connectivity index (χ1n) is 6.84. The maximum atomic E-state index is 12.6. The van der Waals surface area contributed by atoms with Crippen LogP contribution in [0.5, 0.6) is 0 Å². The van der Waals surface area contributed by atoms with Crippen molar-refractivity contribution in [3.05, 3.63) is 0 Å². The molecule has 0 radical (unpaired) electrons. The van der Waals surface area contributed by atoms with E-state index in [1.807, 2.05) is 13.8 Å². The maximum Gasteiger partial charge on any atom is 0.401 e. The second-order valence-electron chi connectivity index (χ2n) is 5.67. The number of nitrogens with one attached hydrogen (secondary N) is 1. The predicted molar refractivity (Wildman–Crippen MR) is 67.6 cm³/mol. The van der Waals surface area contributed by atoms with Crippen molar-refractivity contribution in [3.8, 4) is 0 Å². The highest BCUT2D eigenvalue weighted by atomic mass is 19.4. The Kier molecular flexibility index (Phi) is 5.46. The highest BCUT2D eigenvalue weighted by Crippen LogP contribution is 2.28. The lowest BCUT2D eigenvalue weighted by atomic mass is 9.90. The highest BCUT2D eigenvalue weighted by molar-refractivity contribution is 4.96. The van der Waals surface area contributed by atoms with Crippen LogP contribution < -0.4 is 5.32 Å². The molecule has 0 spiro atoms. The third-order valence-corrected chi connectivity index (χ3v) is 3.68. The van der Waals surface area contributed by atoms with E-state index in [0.29, 0.717) is 6.54 Å². The molecular weight excluding hydrogens is 241 g/mol. The van der Waals surface area contributed by atoms with Crippen LogP contribution in [0.4, 0.5) is 13.2 Å². The molecule has 108 valence electrons. The van der Waals surface area contributed by atoms with Gasteiger partial charge < -0.3 is 5.32 Å². The number of hydrogen-bond acceptors (Lipinski definition) is 2. The van der Waals surface area contributed by atoms with E-state index in [1.165, 1.54) is 0 Å². The van der Waals surface area contributed by atoms with Crippen LogP contribution in [0.25, 0.3) is 0 Å². The quantitative estimate of drug-likeness (QED) is 0.794. The molecule has 0 bridgehead atoms. The summed E-state index contributed by atoms with van der Waals surface area (Å²) in [4.78, 5) is 1.55. The van der Waals surface area contributed by atoms with Gasteiger partial charge in [-0.3, -0.25) is 4.90 Å². The van der Waals surface area contributed by atoms with E-state index in [-0.39, 0.29) is 11.6 Å². The monoisotopic (exact) mass is 266 g/mol. The molecule has 0 aromatic heterocycles. The summed E-state index contributed by atoms with van der Waals surface area (Å²) in [6.45, 7) is 6.37. The topological polar surface area (TPSA) is 15.3 Å². The van der Waals surface area contributed by atoms with Gasteiger partial charge in [-0.2, -0.15) is 13.2 Å². The fraction of sp³-hybridized carbons (Fsp3) is 1.00. The Morgan fingerprint density at radius 3 is 2.39 bits per heavy atom. The van der Waals surface area contributed by atoms with Crippen LogP contribution in [0.1, 0.15) is 46.5 Å². The minimum atomic E-state index is -4.11. The van der Waals surface area contributed by atoms with E-state index >= 15 is 0 Å². The molecule has 0 amide bonds. The van der Waals surface area contributed by atoms with Gasteiger partial charge in [0.15, 0.2) is 0 Å². The van der Waals surface area contributed by atoms with E-state index in [4.69, 9.17) is 0 Å². The van der Waals surface area contributed by atoms with Crippen LogP contribution in [0, 0.1) is 0 Å². The fourth-order valence-corrected chi connectivity index (χ4v) is 2.81. The molecule has 1 aliphatic rings. The van der Waals surface area contributed by atoms with Crippen molar-refractivity contribution in [2.24, 2.45) is 0 Å². The lowest BCUT2D eigenvalue weighted by Gasteiger charge is -2.38. The third-order valence-electron chi connectivity index (χ3n) is 3.68. The van der Waals surface area contributed by atoms with Gasteiger partial charge >= 0.3 is 6.18 Å². The predicted octanol–water partition coefficient (Wildman–Crippen LogP) is 3.18. The average molecular weight is 266 g/mol. The summed E-state index contributed by atoms with van der Waals surface area (Å²) in [5.41, 5.74) is -0.107. The van der Waals surface area contributed by atoms with Crippen LogP contribution in [0.15, 0.2) is 0 Å². The molecule has 0 aromatic rings. The van der Waals surface area contributed by atoms with Crippen LogP contribution in [-0.2, 0) is 0 Å². The van der Waals surface area contributed by atoms with Crippen molar-refractivity contribution in [2.45, 2.75) is 64.2 Å². The summed E-state index contributed by atoms with van der Waals surface area (Å²) >= 11 is 0. The SMILES string of the molecule is CCCC1(CN(CC(F)(F)F)C(C)C)CCCN1. The standard InChI is InChI=1S/C13H25F3N2/c1-4-6-12(7-5-8-17-12)9-18(11(2)3)10-13(14,15)16/h11,17H,4-10H2,1-3H3. The third kappa shape index (κ3) is 4.76. The number of halogens is 3. The molecule has 0 aromatic carbocycles. The van der Waals surface area contributed by atoms with Crippen LogP contribution in [0.3, 0.4) is 0 Å². The first-order valence-corrected chi connectivity index (χ1v) is 6.84. The highest BCUT2D eigenvalue weighted by Gasteiger charge is 2.38. The van der Waals surface area contributed by atoms with Crippen LogP contribution >= 0.6 is 0 Å². The zero-order valence-electron chi connectivity index (χ0n) is 11.6. The number of nitrogens with zero attached hydrogens (tertiary/aromatic N) is 1. The average Bonchev–Trinajstić information content (AvgIpc) is 2.64. The number of alkyl halides is 3. The second-order valence-corrected chi connectivity index (χ2v) is 5.67. The van der Waals surface area contributed by atoms with Gasteiger partial charge in [-0.25, -0.2) is 0 Å². The van der Waals surface area contributed by atoms with Crippen molar-refractivity contribution >= 4 is 0 Å². The van der Waals surface area contributed by atoms with Gasteiger partial charge in [0.25, 0.3) is 0 Å². The molecule has 1 unspecified atom stereocenters. The summed E-state index contributed by atoms with van der Waals surface area (Å²) in [6.07, 6.45) is -0.102. The molecule has 5 heteroatoms. The van der Waals surface area contributed by atoms with Crippen LogP contribution in [-0.4, -0.2) is 42.3 Å². The van der Waals surface area contributed by atoms with Gasteiger partial charge in [0.2, 0.25) is 0 Å². The summed E-state index contributed by atoms with van der Waals surface area (Å²) in [5.74, 6) is 0. The smallest absolute Gasteiger partial charge is 0.310 e. The van der Waals surface area contributed by atoms with Gasteiger partial charge in [0.05, 0.1) is 6.54 Å². The molecule has 1 heterocycles. The fourth-order valence-electron chi connectivity index (χ4n) is 2.81. The molecule has 1 aliphatic heterocycles. The molecule has 1 fully saturated rings. The first-order chi connectivity index (χ1) is 8.28. The zero-order valence-corrected chi connectivity index (χ0v) is 11.6. The van der Waals surface area contributed by atoms with Gasteiger partial charge in [-0.15, -0.1) is 0 Å². The summed E-state index contributed by atoms with van der Waals surface area (Å²) in [5, 5.41) is 3.43. The Labute approximate surface area is 108 Å². The molecule has 0 aliphatic carbocycles. The lowest BCUT2D eigenvalue weighted by molar-refractivity contribution is -0.151. The normalized spacial score (nSPS) is 25.3. The number of rotatable bonds is 6. The zero-order chi connectivity index (χ0) is 13.8. The van der Waals surface area contributed by atoms with Crippen LogP contribution in [0.2, 0.25) is 0 Å². The molecule has 1 saturated heterocycles. The van der Waals surface area contributed by atoms with Crippen molar-refractivity contribution in [2.75, 3.05) is 19.6 Å². The van der Waals surface area contributed by atoms with E-state index in [0.717, 1.165) is 32.2 Å². The van der Waals surface area contributed by atoms with Gasteiger partial charge in [0, 0.05) is 18.1 Å². The molecule has 0 saturated carbocycles. The molecule has 1 N–H and O–H groups in total. The molecule has 2 nitrogen and oxygen atoms in total. The Bertz CT molecular complexity index is 245. The van der Waals surface area contributed by atoms with Crippen molar-refractivity contribution in [1.29, 1.82) is 0 Å². The van der Waals surface area contributed by atoms with Crippen molar-refractivity contribution < 1.29 is 13.2 Å². The first kappa shape index (κ1) is 15.8. The van der Waals surface area contributed by atoms with Gasteiger partial charge in [-0.05, 0) is 39.7 Å². The Morgan fingerprint density at radius 1 is 1.33 bits per heavy atom. The minimum Gasteiger partial charge on any atom is -0.310 e. The summed E-state index contributed by atoms with van der Waals surface area (Å²) in [6, 6.07) is -0.0808. The number of hydrogen-bond donors (Lipinski definition) is 1. The minimum absolute atomic E-state index is 0.0808. The van der Waals surface area contributed by atoms with Gasteiger partial charge in [0.1, 0.15) is 0 Å². The van der Waals surface area contributed by atoms with Crippen molar-refractivity contribution in [3.63, 3.8) is 0 Å². The Morgan fingerprint density at radius 2 is 2.00 bits per heavy atom. The lowest BCUT2D eigenvalue weighted by Crippen LogP contribution is -2.53. The van der Waals surface area contributed by atoms with Crippen molar-refractivity contribution in [1.82, 2.24) is 10.2 Å². The second kappa shape index (κ2) is 6.24. The molecule has 1 rings (SSSR count). The van der Waals surface area contributed by atoms with Gasteiger partial charge in [-0.1, -0.05) is 13.3 Å². The van der Waals surface area contributed by atoms with E-state index < -0.39 is 12.7 Å². The molecule has 1 atom stereocenters. The summed E-state index contributed by atoms with van der Waals surface area (Å²) in [7, 11) is 0.